The Morgan fingerprint density at radius 3 is 2.70 bits per heavy atom. The molecule has 7 nitrogen and oxygen atoms in total. The predicted octanol–water partition coefficient (Wildman–Crippen LogP) is 0.718. The summed E-state index contributed by atoms with van der Waals surface area (Å²) in [5.41, 5.74) is 0. The molecule has 110 valence electrons. The molecule has 0 aliphatic carbocycles. The molecule has 2 heterocycles. The van der Waals surface area contributed by atoms with E-state index in [1.165, 1.54) is 4.90 Å². The van der Waals surface area contributed by atoms with E-state index in [0.717, 1.165) is 17.4 Å². The lowest BCUT2D eigenvalue weighted by molar-refractivity contribution is -0.127. The summed E-state index contributed by atoms with van der Waals surface area (Å²) in [7, 11) is -2.34. The van der Waals surface area contributed by atoms with E-state index < -0.39 is 22.0 Å². The van der Waals surface area contributed by atoms with Gasteiger partial charge in [0.25, 0.3) is 0 Å². The minimum Gasteiger partial charge on any atom is -0.477 e. The van der Waals surface area contributed by atoms with Crippen molar-refractivity contribution in [1.82, 2.24) is 9.62 Å². The zero-order valence-corrected chi connectivity index (χ0v) is 13.5. The van der Waals surface area contributed by atoms with Crippen LogP contribution in [0.1, 0.15) is 16.1 Å². The van der Waals surface area contributed by atoms with Gasteiger partial charge in [-0.3, -0.25) is 4.79 Å². The summed E-state index contributed by atoms with van der Waals surface area (Å²) in [6.07, 6.45) is 0.391. The fourth-order valence-corrected chi connectivity index (χ4v) is 5.45. The number of carbonyl (C=O) groups excluding carboxylic acids is 1. The highest BCUT2D eigenvalue weighted by atomic mass is 79.9. The fourth-order valence-electron chi connectivity index (χ4n) is 1.82. The number of rotatable bonds is 4. The summed E-state index contributed by atoms with van der Waals surface area (Å²) in [5.74, 6) is -1.49. The number of amides is 1. The van der Waals surface area contributed by atoms with Crippen molar-refractivity contribution in [2.45, 2.75) is 17.4 Å². The molecular formula is C10H11BrN2O5S2. The first kappa shape index (κ1) is 15.4. The summed E-state index contributed by atoms with van der Waals surface area (Å²) in [4.78, 5) is 23.7. The number of aromatic carboxylic acids is 1. The average Bonchev–Trinajstić information content (AvgIpc) is 2.87. The molecule has 0 spiro atoms. The van der Waals surface area contributed by atoms with E-state index in [2.05, 4.69) is 20.7 Å². The molecule has 1 amide bonds. The van der Waals surface area contributed by atoms with Gasteiger partial charge in [-0.1, -0.05) is 0 Å². The number of halogens is 1. The van der Waals surface area contributed by atoms with Crippen LogP contribution in [0, 0.1) is 0 Å². The Balaban J connectivity index is 2.27. The minimum absolute atomic E-state index is 0.0906. The van der Waals surface area contributed by atoms with Crippen molar-refractivity contribution in [2.75, 3.05) is 13.6 Å². The van der Waals surface area contributed by atoms with E-state index in [1.807, 2.05) is 0 Å². The molecule has 0 bridgehead atoms. The molecule has 1 aromatic heterocycles. The third-order valence-electron chi connectivity index (χ3n) is 2.88. The maximum absolute atomic E-state index is 12.2. The van der Waals surface area contributed by atoms with Gasteiger partial charge in [0.1, 0.15) is 15.8 Å². The largest absolute Gasteiger partial charge is 0.477 e. The molecule has 1 aromatic rings. The molecule has 10 heteroatoms. The molecule has 0 aromatic carbocycles. The van der Waals surface area contributed by atoms with Gasteiger partial charge in [0.05, 0.1) is 3.79 Å². The van der Waals surface area contributed by atoms with Gasteiger partial charge in [0.2, 0.25) is 15.9 Å². The maximum Gasteiger partial charge on any atom is 0.345 e. The Morgan fingerprint density at radius 1 is 1.60 bits per heavy atom. The summed E-state index contributed by atoms with van der Waals surface area (Å²) in [5, 5.41) is 8.86. The molecule has 1 unspecified atom stereocenters. The van der Waals surface area contributed by atoms with E-state index in [1.54, 1.807) is 7.05 Å². The molecule has 1 saturated heterocycles. The van der Waals surface area contributed by atoms with Crippen LogP contribution in [-0.4, -0.2) is 49.9 Å². The normalized spacial score (nSPS) is 19.6. The number of thiophene rings is 1. The molecule has 2 rings (SSSR count). The van der Waals surface area contributed by atoms with Crippen molar-refractivity contribution in [2.24, 2.45) is 0 Å². The van der Waals surface area contributed by atoms with Gasteiger partial charge >= 0.3 is 5.97 Å². The van der Waals surface area contributed by atoms with E-state index in [-0.39, 0.29) is 19.5 Å². The molecule has 1 aliphatic heterocycles. The minimum atomic E-state index is -3.94. The molecule has 1 aliphatic rings. The Kier molecular flexibility index (Phi) is 4.19. The predicted molar refractivity (Wildman–Crippen MR) is 75.3 cm³/mol. The lowest BCUT2D eigenvalue weighted by Crippen LogP contribution is -2.40. The lowest BCUT2D eigenvalue weighted by atomic mass is 10.3. The van der Waals surface area contributed by atoms with Gasteiger partial charge in [-0.2, -0.15) is 4.72 Å². The number of nitrogens with one attached hydrogen (secondary N) is 1. The molecule has 1 fully saturated rings. The zero-order chi connectivity index (χ0) is 15.1. The highest BCUT2D eigenvalue weighted by Gasteiger charge is 2.34. The van der Waals surface area contributed by atoms with Crippen LogP contribution < -0.4 is 4.72 Å². The van der Waals surface area contributed by atoms with Crippen molar-refractivity contribution in [3.63, 3.8) is 0 Å². The average molecular weight is 383 g/mol. The zero-order valence-electron chi connectivity index (χ0n) is 10.3. The number of carbonyl (C=O) groups is 2. The number of sulfonamides is 1. The number of carboxylic acids is 1. The van der Waals surface area contributed by atoms with Crippen LogP contribution in [0.5, 0.6) is 0 Å². The number of likely N-dealkylation sites (N-methyl/N-ethyl adjacent to an activating group) is 1. The van der Waals surface area contributed by atoms with Crippen molar-refractivity contribution in [3.8, 4) is 0 Å². The molecule has 2 N–H and O–H groups in total. The number of nitrogens with zero attached hydrogens (tertiary/aromatic N) is 1. The van der Waals surface area contributed by atoms with Crippen LogP contribution in [0.4, 0.5) is 0 Å². The number of hydrogen-bond acceptors (Lipinski definition) is 5. The highest BCUT2D eigenvalue weighted by Crippen LogP contribution is 2.32. The Bertz CT molecular complexity index is 669. The molecule has 0 saturated carbocycles. The lowest BCUT2D eigenvalue weighted by Gasteiger charge is -2.12. The van der Waals surface area contributed by atoms with E-state index in [4.69, 9.17) is 5.11 Å². The topological polar surface area (TPSA) is 104 Å². The van der Waals surface area contributed by atoms with Gasteiger partial charge < -0.3 is 10.0 Å². The summed E-state index contributed by atoms with van der Waals surface area (Å²) >= 11 is 3.85. The standard InChI is InChI=1S/C10H11BrN2O5S2/c1-13-3-2-5(9(13)14)12-20(17,18)7-4-6(10(15)16)19-8(7)11/h4-5,12H,2-3H2,1H3,(H,15,16). The smallest absolute Gasteiger partial charge is 0.345 e. The van der Waals surface area contributed by atoms with Crippen LogP contribution in [0.2, 0.25) is 0 Å². The van der Waals surface area contributed by atoms with Gasteiger partial charge in [-0.15, -0.1) is 11.3 Å². The number of hydrogen-bond donors (Lipinski definition) is 2. The second-order valence-corrected chi connectivity index (χ2v) is 8.33. The fraction of sp³-hybridized carbons (Fsp3) is 0.400. The van der Waals surface area contributed by atoms with Gasteiger partial charge in [-0.25, -0.2) is 13.2 Å². The van der Waals surface area contributed by atoms with Gasteiger partial charge in [0, 0.05) is 13.6 Å². The third-order valence-corrected chi connectivity index (χ3v) is 6.59. The van der Waals surface area contributed by atoms with E-state index in [9.17, 15) is 18.0 Å². The van der Waals surface area contributed by atoms with Crippen LogP contribution in [0.3, 0.4) is 0 Å². The van der Waals surface area contributed by atoms with Crippen molar-refractivity contribution in [3.05, 3.63) is 14.7 Å². The molecule has 20 heavy (non-hydrogen) atoms. The summed E-state index contributed by atoms with van der Waals surface area (Å²) < 4.78 is 26.9. The van der Waals surface area contributed by atoms with Crippen LogP contribution in [-0.2, 0) is 14.8 Å². The number of likely N-dealkylation sites (tertiary alicyclic amines) is 1. The highest BCUT2D eigenvalue weighted by molar-refractivity contribution is 9.11. The second-order valence-electron chi connectivity index (χ2n) is 4.28. The molecule has 1 atom stereocenters. The maximum atomic E-state index is 12.2. The Hall–Kier alpha value is -0.970. The molecular weight excluding hydrogens is 372 g/mol. The van der Waals surface area contributed by atoms with Crippen molar-refractivity contribution < 1.29 is 23.1 Å². The second kappa shape index (κ2) is 5.43. The van der Waals surface area contributed by atoms with Crippen LogP contribution in [0.15, 0.2) is 14.7 Å². The van der Waals surface area contributed by atoms with Crippen LogP contribution in [0.25, 0.3) is 0 Å². The Labute approximate surface area is 127 Å². The summed E-state index contributed by atoms with van der Waals surface area (Å²) in [6, 6.07) is 0.271. The van der Waals surface area contributed by atoms with E-state index in [0.29, 0.717) is 13.0 Å². The van der Waals surface area contributed by atoms with E-state index >= 15 is 0 Å². The van der Waals surface area contributed by atoms with Gasteiger partial charge in [0.15, 0.2) is 0 Å². The number of carboxylic acid groups (broad SMARTS) is 1. The first-order valence-electron chi connectivity index (χ1n) is 5.52. The van der Waals surface area contributed by atoms with Crippen molar-refractivity contribution >= 4 is 49.2 Å². The SMILES string of the molecule is CN1CCC(NS(=O)(=O)c2cc(C(=O)O)sc2Br)C1=O. The first-order chi connectivity index (χ1) is 9.22. The summed E-state index contributed by atoms with van der Waals surface area (Å²) in [6.45, 7) is 0.483. The third kappa shape index (κ3) is 2.87. The van der Waals surface area contributed by atoms with Crippen LogP contribution >= 0.6 is 27.3 Å². The Morgan fingerprint density at radius 2 is 2.25 bits per heavy atom. The van der Waals surface area contributed by atoms with Crippen molar-refractivity contribution in [1.29, 1.82) is 0 Å². The quantitative estimate of drug-likeness (QED) is 0.798. The van der Waals surface area contributed by atoms with Gasteiger partial charge in [-0.05, 0) is 28.4 Å². The first-order valence-corrected chi connectivity index (χ1v) is 8.61. The monoisotopic (exact) mass is 382 g/mol. The molecule has 0 radical (unpaired) electrons.